The van der Waals surface area contributed by atoms with Crippen LogP contribution in [0.15, 0.2) is 78.9 Å². The Morgan fingerprint density at radius 3 is 2.09 bits per heavy atom. The van der Waals surface area contributed by atoms with Crippen LogP contribution in [0.1, 0.15) is 22.4 Å². The van der Waals surface area contributed by atoms with Crippen molar-refractivity contribution >= 4 is 34.0 Å². The number of carbonyl (C=O) groups excluding carboxylic acids is 1. The molecule has 4 aromatic rings. The predicted molar refractivity (Wildman–Crippen MR) is 131 cm³/mol. The van der Waals surface area contributed by atoms with Crippen LogP contribution in [0.2, 0.25) is 5.02 Å². The second-order valence-electron chi connectivity index (χ2n) is 7.80. The number of anilines is 1. The minimum absolute atomic E-state index is 0.126. The van der Waals surface area contributed by atoms with Crippen molar-refractivity contribution in [2.24, 2.45) is 0 Å². The molecule has 0 N–H and O–H groups in total. The molecule has 0 aliphatic carbocycles. The van der Waals surface area contributed by atoms with Gasteiger partial charge >= 0.3 is 6.18 Å². The summed E-state index contributed by atoms with van der Waals surface area (Å²) in [6.45, 7) is 2.15. The molecule has 0 aliphatic heterocycles. The Morgan fingerprint density at radius 1 is 0.943 bits per heavy atom. The van der Waals surface area contributed by atoms with Gasteiger partial charge in [-0.2, -0.15) is 17.5 Å². The van der Waals surface area contributed by atoms with Gasteiger partial charge in [-0.1, -0.05) is 54.1 Å². The first kappa shape index (κ1) is 24.8. The summed E-state index contributed by atoms with van der Waals surface area (Å²) in [7, 11) is 0. The molecule has 4 nitrogen and oxygen atoms in total. The van der Waals surface area contributed by atoms with E-state index in [1.54, 1.807) is 36.1 Å². The third-order valence-corrected chi connectivity index (χ3v) is 6.73. The number of aromatic nitrogens is 1. The van der Waals surface area contributed by atoms with Crippen LogP contribution in [0.3, 0.4) is 0 Å². The van der Waals surface area contributed by atoms with Crippen molar-refractivity contribution < 1.29 is 22.7 Å². The SMILES string of the molecule is Cc1nsc(N(Cc2ccccc2)C(=O)Cc2ccc(Oc3ccc(C(F)(F)F)cc3)cc2)c1Cl. The number of ether oxygens (including phenoxy) is 1. The molecule has 9 heteroatoms. The fourth-order valence-corrected chi connectivity index (χ4v) is 4.45. The minimum atomic E-state index is -4.40. The van der Waals surface area contributed by atoms with Gasteiger partial charge in [-0.25, -0.2) is 0 Å². The summed E-state index contributed by atoms with van der Waals surface area (Å²) in [6, 6.07) is 20.9. The molecule has 0 radical (unpaired) electrons. The van der Waals surface area contributed by atoms with Crippen molar-refractivity contribution in [3.05, 3.63) is 106 Å². The number of amides is 1. The average molecular weight is 517 g/mol. The van der Waals surface area contributed by atoms with Crippen LogP contribution >= 0.6 is 23.1 Å². The number of hydrogen-bond donors (Lipinski definition) is 0. The lowest BCUT2D eigenvalue weighted by Gasteiger charge is -2.21. The quantitative estimate of drug-likeness (QED) is 0.253. The van der Waals surface area contributed by atoms with Gasteiger partial charge in [0.25, 0.3) is 0 Å². The van der Waals surface area contributed by atoms with E-state index in [2.05, 4.69) is 4.37 Å². The Hall–Kier alpha value is -3.36. The third kappa shape index (κ3) is 6.21. The molecule has 4 rings (SSSR count). The van der Waals surface area contributed by atoms with E-state index >= 15 is 0 Å². The molecular weight excluding hydrogens is 497 g/mol. The van der Waals surface area contributed by atoms with E-state index in [0.29, 0.717) is 28.0 Å². The largest absolute Gasteiger partial charge is 0.457 e. The van der Waals surface area contributed by atoms with E-state index in [-0.39, 0.29) is 18.1 Å². The number of nitrogens with zero attached hydrogens (tertiary/aromatic N) is 2. The Morgan fingerprint density at radius 2 is 1.54 bits per heavy atom. The Balaban J connectivity index is 1.46. The van der Waals surface area contributed by atoms with E-state index in [4.69, 9.17) is 16.3 Å². The highest BCUT2D eigenvalue weighted by atomic mass is 35.5. The molecule has 180 valence electrons. The van der Waals surface area contributed by atoms with Gasteiger partial charge in [0.2, 0.25) is 5.91 Å². The van der Waals surface area contributed by atoms with Crippen molar-refractivity contribution in [1.82, 2.24) is 4.37 Å². The smallest absolute Gasteiger partial charge is 0.416 e. The number of hydrogen-bond acceptors (Lipinski definition) is 4. The van der Waals surface area contributed by atoms with Gasteiger partial charge in [0.1, 0.15) is 16.5 Å². The molecule has 0 saturated carbocycles. The molecule has 0 fully saturated rings. The molecule has 1 heterocycles. The Bertz CT molecular complexity index is 1290. The zero-order valence-corrected chi connectivity index (χ0v) is 20.1. The van der Waals surface area contributed by atoms with Gasteiger partial charge < -0.3 is 4.74 Å². The van der Waals surface area contributed by atoms with Gasteiger partial charge in [-0.15, -0.1) is 0 Å². The summed E-state index contributed by atoms with van der Waals surface area (Å²) in [5.41, 5.74) is 1.64. The third-order valence-electron chi connectivity index (χ3n) is 5.20. The first-order valence-corrected chi connectivity index (χ1v) is 11.8. The minimum Gasteiger partial charge on any atom is -0.457 e. The van der Waals surface area contributed by atoms with Crippen LogP contribution in [0.25, 0.3) is 0 Å². The van der Waals surface area contributed by atoms with Gasteiger partial charge in [0.15, 0.2) is 0 Å². The van der Waals surface area contributed by atoms with Crippen molar-refractivity contribution in [1.29, 1.82) is 0 Å². The number of alkyl halides is 3. The first-order chi connectivity index (χ1) is 16.7. The highest BCUT2D eigenvalue weighted by molar-refractivity contribution is 7.11. The maximum absolute atomic E-state index is 13.3. The summed E-state index contributed by atoms with van der Waals surface area (Å²) >= 11 is 7.61. The summed E-state index contributed by atoms with van der Waals surface area (Å²) in [6.07, 6.45) is -4.27. The van der Waals surface area contributed by atoms with Crippen LogP contribution in [-0.2, 0) is 23.9 Å². The lowest BCUT2D eigenvalue weighted by atomic mass is 10.1. The summed E-state index contributed by atoms with van der Waals surface area (Å²) in [5.74, 6) is 0.588. The zero-order valence-electron chi connectivity index (χ0n) is 18.6. The second-order valence-corrected chi connectivity index (χ2v) is 8.93. The van der Waals surface area contributed by atoms with Crippen molar-refractivity contribution in [3.63, 3.8) is 0 Å². The lowest BCUT2D eigenvalue weighted by molar-refractivity contribution is -0.137. The standard InChI is InChI=1S/C26H20ClF3N2O2S/c1-17-24(27)25(35-31-17)32(16-19-5-3-2-4-6-19)23(33)15-18-7-11-21(12-8-18)34-22-13-9-20(10-14-22)26(28,29)30/h2-14H,15-16H2,1H3. The highest BCUT2D eigenvalue weighted by Crippen LogP contribution is 2.35. The number of benzene rings is 3. The molecule has 1 amide bonds. The van der Waals surface area contributed by atoms with E-state index in [1.165, 1.54) is 23.7 Å². The fraction of sp³-hybridized carbons (Fsp3) is 0.154. The molecule has 35 heavy (non-hydrogen) atoms. The maximum atomic E-state index is 13.3. The van der Waals surface area contributed by atoms with Crippen LogP contribution in [0, 0.1) is 6.92 Å². The van der Waals surface area contributed by atoms with E-state index < -0.39 is 11.7 Å². The van der Waals surface area contributed by atoms with Gasteiger partial charge in [0.05, 0.1) is 29.2 Å². The molecule has 0 atom stereocenters. The molecular formula is C26H20ClF3N2O2S. The maximum Gasteiger partial charge on any atom is 0.416 e. The van der Waals surface area contributed by atoms with Gasteiger partial charge in [-0.3, -0.25) is 9.69 Å². The lowest BCUT2D eigenvalue weighted by Crippen LogP contribution is -2.31. The zero-order chi connectivity index (χ0) is 25.0. The molecule has 0 spiro atoms. The van der Waals surface area contributed by atoms with E-state index in [9.17, 15) is 18.0 Å². The van der Waals surface area contributed by atoms with Crippen LogP contribution in [0.5, 0.6) is 11.5 Å². The topological polar surface area (TPSA) is 42.4 Å². The summed E-state index contributed by atoms with van der Waals surface area (Å²) in [4.78, 5) is 14.9. The number of rotatable bonds is 7. The molecule has 0 unspecified atom stereocenters. The predicted octanol–water partition coefficient (Wildman–Crippen LogP) is 7.69. The Labute approximate surface area is 209 Å². The number of aryl methyl sites for hydroxylation is 1. The van der Waals surface area contributed by atoms with Crippen LogP contribution in [0.4, 0.5) is 18.2 Å². The molecule has 0 aliphatic rings. The number of halogens is 4. The van der Waals surface area contributed by atoms with Crippen molar-refractivity contribution in [2.45, 2.75) is 26.1 Å². The average Bonchev–Trinajstić information content (AvgIpc) is 3.17. The van der Waals surface area contributed by atoms with E-state index in [1.807, 2.05) is 30.3 Å². The first-order valence-electron chi connectivity index (χ1n) is 10.6. The molecule has 0 bridgehead atoms. The monoisotopic (exact) mass is 516 g/mol. The number of carbonyl (C=O) groups is 1. The van der Waals surface area contributed by atoms with Crippen molar-refractivity contribution in [2.75, 3.05) is 4.90 Å². The van der Waals surface area contributed by atoms with Gasteiger partial charge in [-0.05, 0) is 66.0 Å². The molecule has 1 aromatic heterocycles. The van der Waals surface area contributed by atoms with Crippen LogP contribution in [-0.4, -0.2) is 10.3 Å². The summed E-state index contributed by atoms with van der Waals surface area (Å²) < 4.78 is 48.1. The highest BCUT2D eigenvalue weighted by Gasteiger charge is 2.30. The van der Waals surface area contributed by atoms with Gasteiger partial charge in [0, 0.05) is 0 Å². The molecule has 0 saturated heterocycles. The fourth-order valence-electron chi connectivity index (χ4n) is 3.35. The second kappa shape index (κ2) is 10.5. The van der Waals surface area contributed by atoms with E-state index in [0.717, 1.165) is 23.3 Å². The summed E-state index contributed by atoms with van der Waals surface area (Å²) in [5, 5.41) is 1.06. The molecule has 3 aromatic carbocycles. The van der Waals surface area contributed by atoms with Crippen LogP contribution < -0.4 is 9.64 Å². The van der Waals surface area contributed by atoms with Crippen molar-refractivity contribution in [3.8, 4) is 11.5 Å². The normalized spacial score (nSPS) is 11.3. The Kier molecular flexibility index (Phi) is 7.42.